The lowest BCUT2D eigenvalue weighted by Crippen LogP contribution is -2.18. The number of hydrogen-bond donors (Lipinski definition) is 2. The lowest BCUT2D eigenvalue weighted by atomic mass is 9.74. The summed E-state index contributed by atoms with van der Waals surface area (Å²) >= 11 is 0. The molecule has 28 heavy (non-hydrogen) atoms. The molecule has 0 atom stereocenters. The van der Waals surface area contributed by atoms with E-state index < -0.39 is 0 Å². The van der Waals surface area contributed by atoms with Gasteiger partial charge in [-0.3, -0.25) is 0 Å². The van der Waals surface area contributed by atoms with Gasteiger partial charge in [0, 0.05) is 0 Å². The number of aromatic hydroxyl groups is 2. The van der Waals surface area contributed by atoms with E-state index in [1.54, 1.807) is 24.3 Å². The Balaban J connectivity index is 2.35. The third-order valence-electron chi connectivity index (χ3n) is 5.13. The molecule has 0 bridgehead atoms. The summed E-state index contributed by atoms with van der Waals surface area (Å²) in [6, 6.07) is 19.5. The largest absolute Gasteiger partial charge is 0.508 e. The third kappa shape index (κ3) is 4.06. The average Bonchev–Trinajstić information content (AvgIpc) is 2.60. The van der Waals surface area contributed by atoms with Crippen LogP contribution in [0.15, 0.2) is 60.7 Å². The van der Waals surface area contributed by atoms with Crippen LogP contribution in [0.4, 0.5) is 0 Å². The zero-order valence-corrected chi connectivity index (χ0v) is 17.7. The molecule has 0 aliphatic heterocycles. The number of benzene rings is 3. The molecule has 3 rings (SSSR count). The second-order valence-electron chi connectivity index (χ2n) is 9.54. The maximum Gasteiger partial charge on any atom is 0.115 e. The zero-order chi connectivity index (χ0) is 20.7. The molecule has 2 nitrogen and oxygen atoms in total. The Morgan fingerprint density at radius 2 is 0.786 bits per heavy atom. The van der Waals surface area contributed by atoms with E-state index >= 15 is 0 Å². The lowest BCUT2D eigenvalue weighted by molar-refractivity contribution is 0.475. The minimum Gasteiger partial charge on any atom is -0.508 e. The third-order valence-corrected chi connectivity index (χ3v) is 5.13. The van der Waals surface area contributed by atoms with Crippen LogP contribution in [-0.2, 0) is 10.8 Å². The van der Waals surface area contributed by atoms with Crippen molar-refractivity contribution in [3.05, 3.63) is 71.8 Å². The minimum absolute atomic E-state index is 0.0463. The van der Waals surface area contributed by atoms with E-state index in [1.807, 2.05) is 24.3 Å². The summed E-state index contributed by atoms with van der Waals surface area (Å²) in [7, 11) is 0. The molecule has 3 aromatic carbocycles. The summed E-state index contributed by atoms with van der Waals surface area (Å²) in [6.45, 7) is 13.4. The summed E-state index contributed by atoms with van der Waals surface area (Å²) in [5.74, 6) is 0.552. The van der Waals surface area contributed by atoms with E-state index in [9.17, 15) is 10.2 Å². The van der Waals surface area contributed by atoms with E-state index in [0.717, 1.165) is 11.1 Å². The van der Waals surface area contributed by atoms with Gasteiger partial charge in [-0.05, 0) is 80.6 Å². The maximum absolute atomic E-state index is 9.71. The van der Waals surface area contributed by atoms with Crippen LogP contribution in [-0.4, -0.2) is 10.2 Å². The van der Waals surface area contributed by atoms with E-state index in [4.69, 9.17) is 0 Å². The van der Waals surface area contributed by atoms with Gasteiger partial charge in [-0.25, -0.2) is 0 Å². The molecule has 0 unspecified atom stereocenters. The molecule has 0 aliphatic carbocycles. The van der Waals surface area contributed by atoms with Crippen LogP contribution in [0.3, 0.4) is 0 Å². The molecule has 0 amide bonds. The van der Waals surface area contributed by atoms with Crippen molar-refractivity contribution in [2.45, 2.75) is 52.4 Å². The molecule has 0 saturated heterocycles. The van der Waals surface area contributed by atoms with Crippen LogP contribution in [0, 0.1) is 0 Å². The first-order valence-corrected chi connectivity index (χ1v) is 9.74. The molecule has 0 aliphatic rings. The Bertz CT molecular complexity index is 884. The van der Waals surface area contributed by atoms with Crippen molar-refractivity contribution in [1.82, 2.24) is 0 Å². The maximum atomic E-state index is 9.71. The highest BCUT2D eigenvalue weighted by molar-refractivity contribution is 5.79. The fourth-order valence-electron chi connectivity index (χ4n) is 3.60. The smallest absolute Gasteiger partial charge is 0.115 e. The molecule has 146 valence electrons. The summed E-state index contributed by atoms with van der Waals surface area (Å²) in [4.78, 5) is 0. The monoisotopic (exact) mass is 374 g/mol. The number of rotatable bonds is 2. The fourth-order valence-corrected chi connectivity index (χ4v) is 3.60. The molecule has 2 N–H and O–H groups in total. The van der Waals surface area contributed by atoms with Crippen LogP contribution in [0.2, 0.25) is 0 Å². The first-order valence-electron chi connectivity index (χ1n) is 9.74. The van der Waals surface area contributed by atoms with Gasteiger partial charge < -0.3 is 10.2 Å². The van der Waals surface area contributed by atoms with Gasteiger partial charge in [0.2, 0.25) is 0 Å². The van der Waals surface area contributed by atoms with E-state index in [-0.39, 0.29) is 22.3 Å². The van der Waals surface area contributed by atoms with Crippen molar-refractivity contribution < 1.29 is 10.2 Å². The standard InChI is InChI=1S/C26H30O2/c1-25(2,3)23-15-22(18-9-13-20(28)14-10-18)24(26(4,5)6)16-21(23)17-7-11-19(27)12-8-17/h7-16,27-28H,1-6H3. The Morgan fingerprint density at radius 3 is 1.04 bits per heavy atom. The van der Waals surface area contributed by atoms with Gasteiger partial charge in [0.1, 0.15) is 11.5 Å². The molecule has 3 aromatic rings. The van der Waals surface area contributed by atoms with Gasteiger partial charge >= 0.3 is 0 Å². The first kappa shape index (κ1) is 20.0. The SMILES string of the molecule is CC(C)(C)c1cc(-c2ccc(O)cc2)c(C(C)(C)C)cc1-c1ccc(O)cc1. The molecule has 0 aromatic heterocycles. The predicted octanol–water partition coefficient (Wildman–Crippen LogP) is 7.03. The van der Waals surface area contributed by atoms with Crippen molar-refractivity contribution >= 4 is 0 Å². The normalized spacial score (nSPS) is 12.2. The summed E-state index contributed by atoms with van der Waals surface area (Å²) in [5, 5.41) is 19.4. The van der Waals surface area contributed by atoms with Crippen molar-refractivity contribution in [3.63, 3.8) is 0 Å². The zero-order valence-electron chi connectivity index (χ0n) is 17.7. The second kappa shape index (κ2) is 7.01. The molecule has 0 fully saturated rings. The van der Waals surface area contributed by atoms with Gasteiger partial charge in [0.05, 0.1) is 0 Å². The quantitative estimate of drug-likeness (QED) is 0.505. The molecule has 2 heteroatoms. The van der Waals surface area contributed by atoms with Crippen molar-refractivity contribution in [3.8, 4) is 33.8 Å². The molecule has 0 spiro atoms. The molecular formula is C26H30O2. The minimum atomic E-state index is -0.0463. The highest BCUT2D eigenvalue weighted by atomic mass is 16.3. The highest BCUT2D eigenvalue weighted by Gasteiger charge is 2.26. The first-order chi connectivity index (χ1) is 13.0. The van der Waals surface area contributed by atoms with Crippen LogP contribution in [0.5, 0.6) is 11.5 Å². The highest BCUT2D eigenvalue weighted by Crippen LogP contribution is 2.42. The number of phenolic OH excluding ortho intramolecular Hbond substituents is 2. The van der Waals surface area contributed by atoms with E-state index in [0.29, 0.717) is 0 Å². The average molecular weight is 375 g/mol. The van der Waals surface area contributed by atoms with Gasteiger partial charge in [0.15, 0.2) is 0 Å². The second-order valence-corrected chi connectivity index (χ2v) is 9.54. The van der Waals surface area contributed by atoms with Crippen LogP contribution >= 0.6 is 0 Å². The molecule has 0 radical (unpaired) electrons. The molecule has 0 heterocycles. The predicted molar refractivity (Wildman–Crippen MR) is 118 cm³/mol. The van der Waals surface area contributed by atoms with E-state index in [2.05, 4.69) is 53.7 Å². The molecule has 0 saturated carbocycles. The fraction of sp³-hybridized carbons (Fsp3) is 0.308. The summed E-state index contributed by atoms with van der Waals surface area (Å²) in [6.07, 6.45) is 0. The Labute approximate surface area is 168 Å². The van der Waals surface area contributed by atoms with Gasteiger partial charge in [0.25, 0.3) is 0 Å². The summed E-state index contributed by atoms with van der Waals surface area (Å²) in [5.41, 5.74) is 7.02. The van der Waals surface area contributed by atoms with Crippen molar-refractivity contribution in [1.29, 1.82) is 0 Å². The Kier molecular flexibility index (Phi) is 5.01. The van der Waals surface area contributed by atoms with Gasteiger partial charge in [-0.15, -0.1) is 0 Å². The van der Waals surface area contributed by atoms with Crippen LogP contribution in [0.25, 0.3) is 22.3 Å². The Hall–Kier alpha value is -2.74. The van der Waals surface area contributed by atoms with Crippen molar-refractivity contribution in [2.75, 3.05) is 0 Å². The number of phenols is 2. The van der Waals surface area contributed by atoms with Gasteiger partial charge in [-0.1, -0.05) is 65.8 Å². The summed E-state index contributed by atoms with van der Waals surface area (Å²) < 4.78 is 0. The lowest BCUT2D eigenvalue weighted by Gasteiger charge is -2.30. The number of hydrogen-bond acceptors (Lipinski definition) is 2. The topological polar surface area (TPSA) is 40.5 Å². The Morgan fingerprint density at radius 1 is 0.500 bits per heavy atom. The van der Waals surface area contributed by atoms with Crippen LogP contribution in [0.1, 0.15) is 52.7 Å². The van der Waals surface area contributed by atoms with E-state index in [1.165, 1.54) is 22.3 Å². The van der Waals surface area contributed by atoms with Crippen LogP contribution < -0.4 is 0 Å². The molecular weight excluding hydrogens is 344 g/mol. The van der Waals surface area contributed by atoms with Gasteiger partial charge in [-0.2, -0.15) is 0 Å². The van der Waals surface area contributed by atoms with Crippen molar-refractivity contribution in [2.24, 2.45) is 0 Å².